The Morgan fingerprint density at radius 3 is 2.55 bits per heavy atom. The standard InChI is InChI=1S/C22H22F3N5O2S/c1-13-7-4-5-10-17(13)20(32)26-14(2)19-28-29-21(30(19)3)33-12-18(31)27-16-9-6-8-15(11-16)22(23,24)25/h4-11,14H,12H2,1-3H3,(H,26,32)(H,27,31)/t14-/m0/s1. The molecule has 2 amide bonds. The molecule has 0 saturated carbocycles. The summed E-state index contributed by atoms with van der Waals surface area (Å²) in [5, 5.41) is 13.9. The van der Waals surface area contributed by atoms with Crippen LogP contribution >= 0.6 is 11.8 Å². The molecule has 7 nitrogen and oxygen atoms in total. The number of benzene rings is 2. The van der Waals surface area contributed by atoms with Crippen LogP contribution in [0.2, 0.25) is 0 Å². The van der Waals surface area contributed by atoms with Gasteiger partial charge < -0.3 is 15.2 Å². The largest absolute Gasteiger partial charge is 0.416 e. The number of anilines is 1. The second-order valence-corrected chi connectivity index (χ2v) is 8.27. The highest BCUT2D eigenvalue weighted by Crippen LogP contribution is 2.30. The molecule has 1 heterocycles. The van der Waals surface area contributed by atoms with Gasteiger partial charge in [-0.3, -0.25) is 9.59 Å². The molecule has 0 aliphatic carbocycles. The second-order valence-electron chi connectivity index (χ2n) is 7.33. The Morgan fingerprint density at radius 1 is 1.12 bits per heavy atom. The van der Waals surface area contributed by atoms with Crippen LogP contribution in [0.3, 0.4) is 0 Å². The fourth-order valence-electron chi connectivity index (χ4n) is 3.10. The van der Waals surface area contributed by atoms with Gasteiger partial charge in [0.2, 0.25) is 5.91 Å². The number of halogens is 3. The van der Waals surface area contributed by atoms with E-state index in [1.165, 1.54) is 12.1 Å². The molecular weight excluding hydrogens is 455 g/mol. The van der Waals surface area contributed by atoms with Gasteiger partial charge in [0.05, 0.1) is 17.4 Å². The van der Waals surface area contributed by atoms with E-state index in [4.69, 9.17) is 0 Å². The SMILES string of the molecule is Cc1ccccc1C(=O)N[C@@H](C)c1nnc(SCC(=O)Nc2cccc(C(F)(F)F)c2)n1C. The van der Waals surface area contributed by atoms with Crippen molar-refractivity contribution < 1.29 is 22.8 Å². The van der Waals surface area contributed by atoms with Gasteiger partial charge in [-0.15, -0.1) is 10.2 Å². The molecule has 3 rings (SSSR count). The molecule has 0 saturated heterocycles. The van der Waals surface area contributed by atoms with E-state index in [1.807, 2.05) is 19.1 Å². The molecule has 11 heteroatoms. The molecule has 0 spiro atoms. The van der Waals surface area contributed by atoms with Gasteiger partial charge in [-0.1, -0.05) is 36.0 Å². The number of aryl methyl sites for hydroxylation is 1. The fourth-order valence-corrected chi connectivity index (χ4v) is 3.81. The summed E-state index contributed by atoms with van der Waals surface area (Å²) in [6.45, 7) is 3.62. The molecule has 2 aromatic carbocycles. The van der Waals surface area contributed by atoms with E-state index in [0.717, 1.165) is 29.5 Å². The van der Waals surface area contributed by atoms with Crippen LogP contribution in [0.1, 0.15) is 40.3 Å². The van der Waals surface area contributed by atoms with E-state index in [0.29, 0.717) is 16.5 Å². The van der Waals surface area contributed by atoms with Crippen LogP contribution in [0.4, 0.5) is 18.9 Å². The monoisotopic (exact) mass is 477 g/mol. The Bertz CT molecular complexity index is 1160. The zero-order valence-electron chi connectivity index (χ0n) is 18.1. The van der Waals surface area contributed by atoms with Gasteiger partial charge in [0.1, 0.15) is 0 Å². The summed E-state index contributed by atoms with van der Waals surface area (Å²) in [5.41, 5.74) is 0.629. The number of thioether (sulfide) groups is 1. The van der Waals surface area contributed by atoms with Crippen molar-refractivity contribution >= 4 is 29.3 Å². The number of amides is 2. The Balaban J connectivity index is 1.59. The highest BCUT2D eigenvalue weighted by molar-refractivity contribution is 7.99. The first-order valence-electron chi connectivity index (χ1n) is 9.92. The summed E-state index contributed by atoms with van der Waals surface area (Å²) in [4.78, 5) is 24.8. The zero-order chi connectivity index (χ0) is 24.2. The number of hydrogen-bond acceptors (Lipinski definition) is 5. The van der Waals surface area contributed by atoms with E-state index >= 15 is 0 Å². The predicted octanol–water partition coefficient (Wildman–Crippen LogP) is 4.36. The van der Waals surface area contributed by atoms with Gasteiger partial charge >= 0.3 is 6.18 Å². The van der Waals surface area contributed by atoms with Gasteiger partial charge in [0, 0.05) is 18.3 Å². The molecule has 2 N–H and O–H groups in total. The molecule has 0 aliphatic heterocycles. The lowest BCUT2D eigenvalue weighted by molar-refractivity contribution is -0.137. The number of hydrogen-bond donors (Lipinski definition) is 2. The number of nitrogens with zero attached hydrogens (tertiary/aromatic N) is 3. The molecule has 0 unspecified atom stereocenters. The molecular formula is C22H22F3N5O2S. The zero-order valence-corrected chi connectivity index (χ0v) is 18.9. The Kier molecular flexibility index (Phi) is 7.42. The van der Waals surface area contributed by atoms with Crippen LogP contribution in [-0.2, 0) is 18.0 Å². The van der Waals surface area contributed by atoms with Crippen molar-refractivity contribution in [2.24, 2.45) is 7.05 Å². The maximum atomic E-state index is 12.8. The van der Waals surface area contributed by atoms with Crippen molar-refractivity contribution in [3.63, 3.8) is 0 Å². The van der Waals surface area contributed by atoms with Gasteiger partial charge in [-0.25, -0.2) is 0 Å². The first-order chi connectivity index (χ1) is 15.6. The number of carbonyl (C=O) groups excluding carboxylic acids is 2. The maximum Gasteiger partial charge on any atom is 0.416 e. The van der Waals surface area contributed by atoms with Crippen molar-refractivity contribution in [3.8, 4) is 0 Å². The normalized spacial score (nSPS) is 12.3. The Labute approximate surface area is 192 Å². The lowest BCUT2D eigenvalue weighted by atomic mass is 10.1. The van der Waals surface area contributed by atoms with Crippen LogP contribution < -0.4 is 10.6 Å². The van der Waals surface area contributed by atoms with Crippen molar-refractivity contribution in [1.82, 2.24) is 20.1 Å². The first-order valence-corrected chi connectivity index (χ1v) is 10.9. The van der Waals surface area contributed by atoms with Crippen LogP contribution in [0, 0.1) is 6.92 Å². The minimum absolute atomic E-state index is 0.0571. The molecule has 0 aliphatic rings. The minimum Gasteiger partial charge on any atom is -0.342 e. The van der Waals surface area contributed by atoms with Gasteiger partial charge in [0.25, 0.3) is 5.91 Å². The second kappa shape index (κ2) is 10.1. The highest BCUT2D eigenvalue weighted by Gasteiger charge is 2.30. The maximum absolute atomic E-state index is 12.8. The Hall–Kier alpha value is -3.34. The van der Waals surface area contributed by atoms with Crippen LogP contribution in [-0.4, -0.2) is 32.3 Å². The van der Waals surface area contributed by atoms with E-state index in [2.05, 4.69) is 20.8 Å². The molecule has 0 radical (unpaired) electrons. The number of carbonyl (C=O) groups is 2. The molecule has 33 heavy (non-hydrogen) atoms. The van der Waals surface area contributed by atoms with Crippen LogP contribution in [0.15, 0.2) is 53.7 Å². The van der Waals surface area contributed by atoms with Gasteiger partial charge in [0.15, 0.2) is 11.0 Å². The highest BCUT2D eigenvalue weighted by atomic mass is 32.2. The van der Waals surface area contributed by atoms with Crippen molar-refractivity contribution in [2.45, 2.75) is 31.2 Å². The summed E-state index contributed by atoms with van der Waals surface area (Å²) in [5.74, 6) is -0.299. The summed E-state index contributed by atoms with van der Waals surface area (Å²) < 4.78 is 40.1. The topological polar surface area (TPSA) is 88.9 Å². The van der Waals surface area contributed by atoms with Gasteiger partial charge in [-0.05, 0) is 43.7 Å². The van der Waals surface area contributed by atoms with Crippen LogP contribution in [0.5, 0.6) is 0 Å². The molecule has 0 fully saturated rings. The van der Waals surface area contributed by atoms with E-state index in [9.17, 15) is 22.8 Å². The number of alkyl halides is 3. The molecule has 174 valence electrons. The third-order valence-corrected chi connectivity index (χ3v) is 5.82. The number of aromatic nitrogens is 3. The average molecular weight is 478 g/mol. The van der Waals surface area contributed by atoms with Gasteiger partial charge in [-0.2, -0.15) is 13.2 Å². The van der Waals surface area contributed by atoms with E-state index in [1.54, 1.807) is 30.7 Å². The van der Waals surface area contributed by atoms with Crippen molar-refractivity contribution in [3.05, 3.63) is 71.0 Å². The smallest absolute Gasteiger partial charge is 0.342 e. The first kappa shape index (κ1) is 24.3. The lowest BCUT2D eigenvalue weighted by Crippen LogP contribution is -2.29. The molecule has 1 aromatic heterocycles. The number of rotatable bonds is 7. The molecule has 0 bridgehead atoms. The lowest BCUT2D eigenvalue weighted by Gasteiger charge is -2.14. The quantitative estimate of drug-likeness (QED) is 0.494. The molecule has 1 atom stereocenters. The summed E-state index contributed by atoms with van der Waals surface area (Å²) in [6.07, 6.45) is -4.49. The fraction of sp³-hybridized carbons (Fsp3) is 0.273. The van der Waals surface area contributed by atoms with Crippen molar-refractivity contribution in [1.29, 1.82) is 0 Å². The summed E-state index contributed by atoms with van der Waals surface area (Å²) in [7, 11) is 1.71. The average Bonchev–Trinajstić information content (AvgIpc) is 3.12. The van der Waals surface area contributed by atoms with Crippen LogP contribution in [0.25, 0.3) is 0 Å². The third kappa shape index (κ3) is 6.13. The van der Waals surface area contributed by atoms with E-state index < -0.39 is 23.7 Å². The minimum atomic E-state index is -4.49. The summed E-state index contributed by atoms with van der Waals surface area (Å²) >= 11 is 1.08. The Morgan fingerprint density at radius 2 is 1.85 bits per heavy atom. The number of nitrogens with one attached hydrogen (secondary N) is 2. The van der Waals surface area contributed by atoms with E-state index in [-0.39, 0.29) is 17.3 Å². The molecule has 3 aromatic rings. The third-order valence-electron chi connectivity index (χ3n) is 4.80. The predicted molar refractivity (Wildman–Crippen MR) is 119 cm³/mol. The summed E-state index contributed by atoms with van der Waals surface area (Å²) in [6, 6.07) is 11.2. The van der Waals surface area contributed by atoms with Crippen molar-refractivity contribution in [2.75, 3.05) is 11.1 Å².